The molecule has 0 spiro atoms. The van der Waals surface area contributed by atoms with Gasteiger partial charge in [0.25, 0.3) is 10.0 Å². The summed E-state index contributed by atoms with van der Waals surface area (Å²) in [5.74, 6) is -0.407. The standard InChI is InChI=1S/C9H11NO5S/c1-15-9(11)6-7-2-4-8(5-3-7)16(13,14)10-12/h2-5,10,12H,6H2,1H3. The third kappa shape index (κ3) is 3.02. The van der Waals surface area contributed by atoms with Crippen molar-refractivity contribution in [3.63, 3.8) is 0 Å². The summed E-state index contributed by atoms with van der Waals surface area (Å²) in [6, 6.07) is 5.52. The molecule has 7 heteroatoms. The van der Waals surface area contributed by atoms with E-state index in [-0.39, 0.29) is 11.3 Å². The molecule has 0 saturated heterocycles. The van der Waals surface area contributed by atoms with Crippen molar-refractivity contribution in [3.8, 4) is 0 Å². The maximum Gasteiger partial charge on any atom is 0.309 e. The molecule has 0 radical (unpaired) electrons. The molecule has 0 aromatic heterocycles. The third-order valence-corrected chi connectivity index (χ3v) is 3.06. The summed E-state index contributed by atoms with van der Waals surface area (Å²) in [6.07, 6.45) is 0.0728. The van der Waals surface area contributed by atoms with Crippen LogP contribution in [0.25, 0.3) is 0 Å². The number of esters is 1. The van der Waals surface area contributed by atoms with Crippen LogP contribution in [0.15, 0.2) is 29.2 Å². The second kappa shape index (κ2) is 5.06. The molecular weight excluding hydrogens is 234 g/mol. The molecule has 0 aliphatic heterocycles. The predicted molar refractivity (Wildman–Crippen MR) is 54.3 cm³/mol. The quantitative estimate of drug-likeness (QED) is 0.578. The number of hydrogen-bond donors (Lipinski definition) is 2. The Kier molecular flexibility index (Phi) is 3.99. The highest BCUT2D eigenvalue weighted by atomic mass is 32.2. The fourth-order valence-corrected chi connectivity index (χ4v) is 1.68. The Balaban J connectivity index is 2.88. The molecule has 0 aliphatic carbocycles. The van der Waals surface area contributed by atoms with E-state index in [0.717, 1.165) is 0 Å². The summed E-state index contributed by atoms with van der Waals surface area (Å²) in [5.41, 5.74) is 0.628. The van der Waals surface area contributed by atoms with Gasteiger partial charge in [0.05, 0.1) is 18.4 Å². The van der Waals surface area contributed by atoms with Gasteiger partial charge < -0.3 is 9.94 Å². The van der Waals surface area contributed by atoms with Gasteiger partial charge in [0.15, 0.2) is 0 Å². The zero-order valence-corrected chi connectivity index (χ0v) is 9.32. The highest BCUT2D eigenvalue weighted by Crippen LogP contribution is 2.10. The smallest absolute Gasteiger partial charge is 0.309 e. The van der Waals surface area contributed by atoms with Crippen molar-refractivity contribution in [2.24, 2.45) is 0 Å². The summed E-state index contributed by atoms with van der Waals surface area (Å²) in [7, 11) is -2.58. The molecule has 1 aromatic rings. The van der Waals surface area contributed by atoms with Gasteiger partial charge in [-0.15, -0.1) is 0 Å². The zero-order valence-electron chi connectivity index (χ0n) is 8.50. The zero-order chi connectivity index (χ0) is 12.2. The Morgan fingerprint density at radius 1 is 1.38 bits per heavy atom. The van der Waals surface area contributed by atoms with E-state index in [0.29, 0.717) is 5.56 Å². The van der Waals surface area contributed by atoms with Crippen molar-refractivity contribution in [3.05, 3.63) is 29.8 Å². The molecule has 0 heterocycles. The van der Waals surface area contributed by atoms with E-state index in [1.54, 1.807) is 0 Å². The topological polar surface area (TPSA) is 92.7 Å². The summed E-state index contributed by atoms with van der Waals surface area (Å²) in [6.45, 7) is 0. The van der Waals surface area contributed by atoms with Crippen LogP contribution in [0.2, 0.25) is 0 Å². The number of nitrogens with one attached hydrogen (secondary N) is 1. The van der Waals surface area contributed by atoms with Crippen molar-refractivity contribution in [1.82, 2.24) is 4.89 Å². The number of rotatable bonds is 4. The van der Waals surface area contributed by atoms with Crippen molar-refractivity contribution in [2.45, 2.75) is 11.3 Å². The molecule has 1 aromatic carbocycles. The fourth-order valence-electron chi connectivity index (χ4n) is 1.08. The maximum absolute atomic E-state index is 11.1. The molecule has 0 amide bonds. The third-order valence-electron chi connectivity index (χ3n) is 1.93. The molecule has 0 unspecified atom stereocenters. The lowest BCUT2D eigenvalue weighted by Crippen LogP contribution is -2.19. The van der Waals surface area contributed by atoms with E-state index in [1.807, 2.05) is 0 Å². The first-order chi connectivity index (χ1) is 7.49. The maximum atomic E-state index is 11.1. The van der Waals surface area contributed by atoms with Crippen LogP contribution in [-0.4, -0.2) is 26.7 Å². The second-order valence-corrected chi connectivity index (χ2v) is 4.65. The SMILES string of the molecule is COC(=O)Cc1ccc(S(=O)(=O)NO)cc1. The Morgan fingerprint density at radius 2 is 1.94 bits per heavy atom. The fraction of sp³-hybridized carbons (Fsp3) is 0.222. The van der Waals surface area contributed by atoms with Gasteiger partial charge in [0.1, 0.15) is 0 Å². The first kappa shape index (κ1) is 12.6. The first-order valence-corrected chi connectivity index (χ1v) is 5.79. The van der Waals surface area contributed by atoms with Gasteiger partial charge in [-0.25, -0.2) is 8.42 Å². The Labute approximate surface area is 92.9 Å². The largest absolute Gasteiger partial charge is 0.469 e. The number of hydrogen-bond acceptors (Lipinski definition) is 5. The van der Waals surface area contributed by atoms with Crippen LogP contribution in [0, 0.1) is 0 Å². The summed E-state index contributed by atoms with van der Waals surface area (Å²) < 4.78 is 26.7. The van der Waals surface area contributed by atoms with E-state index in [9.17, 15) is 13.2 Å². The predicted octanol–water partition coefficient (Wildman–Crippen LogP) is 0.0696. The molecule has 0 fully saturated rings. The van der Waals surface area contributed by atoms with Gasteiger partial charge in [-0.1, -0.05) is 17.0 Å². The average Bonchev–Trinajstić information content (AvgIpc) is 2.29. The highest BCUT2D eigenvalue weighted by molar-refractivity contribution is 7.89. The van der Waals surface area contributed by atoms with Crippen molar-refractivity contribution >= 4 is 16.0 Å². The first-order valence-electron chi connectivity index (χ1n) is 4.31. The lowest BCUT2D eigenvalue weighted by atomic mass is 10.2. The molecule has 0 bridgehead atoms. The lowest BCUT2D eigenvalue weighted by Gasteiger charge is -2.03. The van der Waals surface area contributed by atoms with Gasteiger partial charge in [0, 0.05) is 0 Å². The van der Waals surface area contributed by atoms with Crippen LogP contribution in [0.4, 0.5) is 0 Å². The Bertz CT molecular complexity index is 465. The number of methoxy groups -OCH3 is 1. The molecule has 2 N–H and O–H groups in total. The average molecular weight is 245 g/mol. The number of sulfonamides is 1. The van der Waals surface area contributed by atoms with Gasteiger partial charge in [-0.05, 0) is 17.7 Å². The highest BCUT2D eigenvalue weighted by Gasteiger charge is 2.12. The Hall–Kier alpha value is -1.44. The number of benzene rings is 1. The number of carbonyl (C=O) groups is 1. The van der Waals surface area contributed by atoms with Crippen LogP contribution in [-0.2, 0) is 26.0 Å². The molecule has 1 rings (SSSR count). The van der Waals surface area contributed by atoms with Crippen molar-refractivity contribution < 1.29 is 23.2 Å². The lowest BCUT2D eigenvalue weighted by molar-refractivity contribution is -0.139. The monoisotopic (exact) mass is 245 g/mol. The van der Waals surface area contributed by atoms with E-state index in [4.69, 9.17) is 5.21 Å². The summed E-state index contributed by atoms with van der Waals surface area (Å²) >= 11 is 0. The number of carbonyl (C=O) groups excluding carboxylic acids is 1. The van der Waals surface area contributed by atoms with Gasteiger partial charge >= 0.3 is 5.97 Å². The van der Waals surface area contributed by atoms with Crippen LogP contribution in [0.3, 0.4) is 0 Å². The minimum atomic E-state index is -3.86. The summed E-state index contributed by atoms with van der Waals surface area (Å²) in [5, 5.41) is 8.39. The molecule has 6 nitrogen and oxygen atoms in total. The van der Waals surface area contributed by atoms with Crippen molar-refractivity contribution in [1.29, 1.82) is 0 Å². The van der Waals surface area contributed by atoms with Crippen LogP contribution >= 0.6 is 0 Å². The van der Waals surface area contributed by atoms with E-state index in [2.05, 4.69) is 4.74 Å². The van der Waals surface area contributed by atoms with Crippen LogP contribution in [0.1, 0.15) is 5.56 Å². The molecule has 16 heavy (non-hydrogen) atoms. The Morgan fingerprint density at radius 3 is 2.38 bits per heavy atom. The molecule has 0 atom stereocenters. The molecule has 0 aliphatic rings. The van der Waals surface area contributed by atoms with Gasteiger partial charge in [-0.3, -0.25) is 4.79 Å². The van der Waals surface area contributed by atoms with E-state index >= 15 is 0 Å². The second-order valence-electron chi connectivity index (χ2n) is 2.99. The molecule has 88 valence electrons. The van der Waals surface area contributed by atoms with E-state index in [1.165, 1.54) is 36.3 Å². The van der Waals surface area contributed by atoms with E-state index < -0.39 is 16.0 Å². The number of ether oxygens (including phenoxy) is 1. The normalized spacial score (nSPS) is 11.1. The minimum Gasteiger partial charge on any atom is -0.469 e. The van der Waals surface area contributed by atoms with Crippen LogP contribution in [0.5, 0.6) is 0 Å². The van der Waals surface area contributed by atoms with Gasteiger partial charge in [-0.2, -0.15) is 0 Å². The molecular formula is C9H11NO5S. The van der Waals surface area contributed by atoms with Gasteiger partial charge in [0.2, 0.25) is 0 Å². The van der Waals surface area contributed by atoms with Crippen molar-refractivity contribution in [2.75, 3.05) is 7.11 Å². The summed E-state index contributed by atoms with van der Waals surface area (Å²) in [4.78, 5) is 12.1. The minimum absolute atomic E-state index is 0.0728. The van der Waals surface area contributed by atoms with Crippen LogP contribution < -0.4 is 4.89 Å². The molecule has 0 saturated carbocycles.